The number of alkyl halides is 3. The van der Waals surface area contributed by atoms with E-state index in [0.717, 1.165) is 6.07 Å². The topological polar surface area (TPSA) is 30.0 Å². The molecule has 0 N–H and O–H groups in total. The van der Waals surface area contributed by atoms with E-state index in [1.54, 1.807) is 60.7 Å². The molecule has 29 heavy (non-hydrogen) atoms. The second-order valence-electron chi connectivity index (χ2n) is 6.42. The average molecular weight is 412 g/mol. The van der Waals surface area contributed by atoms with Crippen LogP contribution in [0.15, 0.2) is 79.0 Å². The number of carbonyl (C=O) groups is 1. The monoisotopic (exact) mass is 411 g/mol. The molecule has 0 fully saturated rings. The maximum absolute atomic E-state index is 13.5. The minimum atomic E-state index is -4.56. The van der Waals surface area contributed by atoms with Gasteiger partial charge in [-0.15, -0.1) is 0 Å². The van der Waals surface area contributed by atoms with Gasteiger partial charge in [0.05, 0.1) is 16.1 Å². The van der Waals surface area contributed by atoms with E-state index in [9.17, 15) is 18.0 Å². The fourth-order valence-corrected chi connectivity index (χ4v) is 3.55. The lowest BCUT2D eigenvalue weighted by atomic mass is 9.91. The van der Waals surface area contributed by atoms with Crippen LogP contribution in [0.2, 0.25) is 5.02 Å². The van der Waals surface area contributed by atoms with Crippen molar-refractivity contribution in [2.24, 2.45) is 0 Å². The van der Waals surface area contributed by atoms with Crippen molar-refractivity contribution in [1.82, 2.24) is 4.98 Å². The molecule has 0 radical (unpaired) electrons. The summed E-state index contributed by atoms with van der Waals surface area (Å²) >= 11 is 6.18. The molecular weight excluding hydrogens is 399 g/mol. The lowest BCUT2D eigenvalue weighted by Gasteiger charge is -2.16. The largest absolute Gasteiger partial charge is 0.418 e. The summed E-state index contributed by atoms with van der Waals surface area (Å²) < 4.78 is 40.5. The molecule has 0 atom stereocenters. The Labute approximate surface area is 169 Å². The first-order chi connectivity index (χ1) is 13.9. The van der Waals surface area contributed by atoms with Gasteiger partial charge in [0, 0.05) is 28.3 Å². The lowest BCUT2D eigenvalue weighted by Crippen LogP contribution is -2.09. The number of pyridine rings is 1. The minimum absolute atomic E-state index is 0.191. The lowest BCUT2D eigenvalue weighted by molar-refractivity contribution is -0.136. The Morgan fingerprint density at radius 2 is 1.52 bits per heavy atom. The zero-order valence-corrected chi connectivity index (χ0v) is 15.6. The van der Waals surface area contributed by atoms with E-state index in [-0.39, 0.29) is 27.1 Å². The smallest absolute Gasteiger partial charge is 0.288 e. The van der Waals surface area contributed by atoms with Crippen molar-refractivity contribution in [2.45, 2.75) is 6.18 Å². The number of benzene rings is 3. The summed E-state index contributed by atoms with van der Waals surface area (Å²) in [6, 6.07) is 19.2. The number of nitrogens with zero attached hydrogens (tertiary/aromatic N) is 1. The number of hydrogen-bond acceptors (Lipinski definition) is 2. The molecule has 1 heterocycles. The van der Waals surface area contributed by atoms with Crippen LogP contribution in [0.4, 0.5) is 13.2 Å². The van der Waals surface area contributed by atoms with Crippen molar-refractivity contribution in [3.63, 3.8) is 0 Å². The molecule has 1 aromatic heterocycles. The standard InChI is InChI=1S/C23H13ClF3NO/c24-19-12-5-4-9-15(19)22(29)17-13-28-21-16(10-6-11-18(21)23(25,26)27)20(17)14-7-2-1-3-8-14/h1-13H. The third kappa shape index (κ3) is 3.49. The fourth-order valence-electron chi connectivity index (χ4n) is 3.33. The minimum Gasteiger partial charge on any atom is -0.288 e. The van der Waals surface area contributed by atoms with Gasteiger partial charge in [0.2, 0.25) is 0 Å². The second kappa shape index (κ2) is 7.33. The fraction of sp³-hybridized carbons (Fsp3) is 0.0435. The van der Waals surface area contributed by atoms with Crippen LogP contribution in [0, 0.1) is 0 Å². The van der Waals surface area contributed by atoms with Crippen LogP contribution in [0.5, 0.6) is 0 Å². The van der Waals surface area contributed by atoms with Crippen LogP contribution in [-0.2, 0) is 6.18 Å². The van der Waals surface area contributed by atoms with Gasteiger partial charge in [-0.25, -0.2) is 0 Å². The third-order valence-corrected chi connectivity index (χ3v) is 4.96. The molecule has 4 aromatic rings. The van der Waals surface area contributed by atoms with Gasteiger partial charge in [-0.1, -0.05) is 66.2 Å². The van der Waals surface area contributed by atoms with E-state index >= 15 is 0 Å². The van der Waals surface area contributed by atoms with Crippen molar-refractivity contribution >= 4 is 28.3 Å². The van der Waals surface area contributed by atoms with Gasteiger partial charge in [0.15, 0.2) is 5.78 Å². The highest BCUT2D eigenvalue weighted by Crippen LogP contribution is 2.39. The molecule has 0 aliphatic heterocycles. The zero-order valence-electron chi connectivity index (χ0n) is 14.9. The van der Waals surface area contributed by atoms with E-state index < -0.39 is 17.5 Å². The summed E-state index contributed by atoms with van der Waals surface area (Å²) in [7, 11) is 0. The van der Waals surface area contributed by atoms with Crippen LogP contribution in [-0.4, -0.2) is 10.8 Å². The molecule has 0 aliphatic rings. The molecule has 6 heteroatoms. The number of aromatic nitrogens is 1. The number of halogens is 4. The summed E-state index contributed by atoms with van der Waals surface area (Å²) in [5.74, 6) is -0.402. The highest BCUT2D eigenvalue weighted by molar-refractivity contribution is 6.35. The molecule has 0 spiro atoms. The first-order valence-electron chi connectivity index (χ1n) is 8.71. The van der Waals surface area contributed by atoms with Crippen molar-refractivity contribution < 1.29 is 18.0 Å². The first-order valence-corrected chi connectivity index (χ1v) is 9.09. The Hall–Kier alpha value is -3.18. The van der Waals surface area contributed by atoms with Crippen LogP contribution in [0.25, 0.3) is 22.0 Å². The SMILES string of the molecule is O=C(c1ccccc1Cl)c1cnc2c(C(F)(F)F)cccc2c1-c1ccccc1. The molecule has 4 rings (SSSR count). The molecule has 0 bridgehead atoms. The van der Waals surface area contributed by atoms with Gasteiger partial charge in [-0.05, 0) is 23.8 Å². The normalized spacial score (nSPS) is 11.6. The predicted octanol–water partition coefficient (Wildman–Crippen LogP) is 6.81. The number of hydrogen-bond donors (Lipinski definition) is 0. The zero-order chi connectivity index (χ0) is 20.6. The first kappa shape index (κ1) is 19.2. The number of ketones is 1. The van der Waals surface area contributed by atoms with Crippen LogP contribution < -0.4 is 0 Å². The molecule has 0 unspecified atom stereocenters. The van der Waals surface area contributed by atoms with Crippen LogP contribution in [0.3, 0.4) is 0 Å². The van der Waals surface area contributed by atoms with Crippen molar-refractivity contribution in [2.75, 3.05) is 0 Å². The molecule has 144 valence electrons. The van der Waals surface area contributed by atoms with Crippen LogP contribution in [0.1, 0.15) is 21.5 Å². The van der Waals surface area contributed by atoms with Crippen molar-refractivity contribution in [3.8, 4) is 11.1 Å². The Kier molecular flexibility index (Phi) is 4.84. The maximum Gasteiger partial charge on any atom is 0.418 e. The molecule has 0 amide bonds. The molecule has 0 saturated carbocycles. The molecule has 0 aliphatic carbocycles. The van der Waals surface area contributed by atoms with E-state index in [1.807, 2.05) is 0 Å². The quantitative estimate of drug-likeness (QED) is 0.347. The Morgan fingerprint density at radius 3 is 2.21 bits per heavy atom. The van der Waals surface area contributed by atoms with E-state index in [2.05, 4.69) is 4.98 Å². The van der Waals surface area contributed by atoms with Gasteiger partial charge >= 0.3 is 6.18 Å². The summed E-state index contributed by atoms with van der Waals surface area (Å²) in [6.07, 6.45) is -3.36. The second-order valence-corrected chi connectivity index (χ2v) is 6.83. The maximum atomic E-state index is 13.5. The van der Waals surface area contributed by atoms with Gasteiger partial charge in [0.1, 0.15) is 0 Å². The van der Waals surface area contributed by atoms with Gasteiger partial charge in [0.25, 0.3) is 0 Å². The number of rotatable bonds is 3. The molecule has 3 aromatic carbocycles. The average Bonchev–Trinajstić information content (AvgIpc) is 2.72. The summed E-state index contributed by atoms with van der Waals surface area (Å²) in [6.45, 7) is 0. The van der Waals surface area contributed by atoms with Gasteiger partial charge in [-0.3, -0.25) is 9.78 Å². The third-order valence-electron chi connectivity index (χ3n) is 4.63. The summed E-state index contributed by atoms with van der Waals surface area (Å²) in [5.41, 5.74) is 0.426. The van der Waals surface area contributed by atoms with Gasteiger partial charge < -0.3 is 0 Å². The van der Waals surface area contributed by atoms with Crippen molar-refractivity contribution in [1.29, 1.82) is 0 Å². The highest BCUT2D eigenvalue weighted by Gasteiger charge is 2.34. The summed E-state index contributed by atoms with van der Waals surface area (Å²) in [5, 5.41) is 0.518. The Bertz CT molecular complexity index is 1220. The molecule has 2 nitrogen and oxygen atoms in total. The number of carbonyl (C=O) groups excluding carboxylic acids is 1. The van der Waals surface area contributed by atoms with Gasteiger partial charge in [-0.2, -0.15) is 13.2 Å². The highest BCUT2D eigenvalue weighted by atomic mass is 35.5. The number of para-hydroxylation sites is 1. The predicted molar refractivity (Wildman–Crippen MR) is 107 cm³/mol. The summed E-state index contributed by atoms with van der Waals surface area (Å²) in [4.78, 5) is 17.3. The van der Waals surface area contributed by atoms with E-state index in [0.29, 0.717) is 11.1 Å². The van der Waals surface area contributed by atoms with E-state index in [1.165, 1.54) is 12.3 Å². The van der Waals surface area contributed by atoms with Crippen molar-refractivity contribution in [3.05, 3.63) is 101 Å². The molecular formula is C23H13ClF3NO. The Morgan fingerprint density at radius 1 is 0.828 bits per heavy atom. The number of fused-ring (bicyclic) bond motifs is 1. The Balaban J connectivity index is 2.06. The van der Waals surface area contributed by atoms with E-state index in [4.69, 9.17) is 11.6 Å². The van der Waals surface area contributed by atoms with Crippen LogP contribution >= 0.6 is 11.6 Å². The molecule has 0 saturated heterocycles.